The van der Waals surface area contributed by atoms with Crippen LogP contribution in [0.15, 0.2) is 18.2 Å². The minimum Gasteiger partial charge on any atom is -0.508 e. The molecule has 3 aliphatic carbocycles. The summed E-state index contributed by atoms with van der Waals surface area (Å²) in [5.74, 6) is 2.52. The van der Waals surface area contributed by atoms with Gasteiger partial charge in [0, 0.05) is 6.42 Å². The summed E-state index contributed by atoms with van der Waals surface area (Å²) in [5.41, 5.74) is 2.40. The van der Waals surface area contributed by atoms with Gasteiger partial charge in [0.15, 0.2) is 12.1 Å². The zero-order valence-corrected chi connectivity index (χ0v) is 16.9. The molecule has 1 aromatic carbocycles. The van der Waals surface area contributed by atoms with Crippen LogP contribution in [0.1, 0.15) is 81.9 Å². The summed E-state index contributed by atoms with van der Waals surface area (Å²) < 4.78 is 0. The second kappa shape index (κ2) is 7.29. The third kappa shape index (κ3) is 3.10. The van der Waals surface area contributed by atoms with Crippen LogP contribution in [0.5, 0.6) is 5.75 Å². The Balaban J connectivity index is 1.55. The largest absolute Gasteiger partial charge is 0.508 e. The van der Waals surface area contributed by atoms with Gasteiger partial charge >= 0.3 is 0 Å². The van der Waals surface area contributed by atoms with Gasteiger partial charge in [-0.2, -0.15) is 0 Å². The smallest absolute Gasteiger partial charge is 0.195 e. The molecule has 0 aliphatic heterocycles. The van der Waals surface area contributed by atoms with Crippen LogP contribution in [0, 0.1) is 29.1 Å². The first-order valence-corrected chi connectivity index (χ1v) is 10.8. The molecule has 0 spiro atoms. The lowest BCUT2D eigenvalue weighted by molar-refractivity contribution is -0.130. The maximum Gasteiger partial charge on any atom is 0.195 e. The molecule has 2 N–H and O–H groups in total. The van der Waals surface area contributed by atoms with Gasteiger partial charge in [0.25, 0.3) is 0 Å². The fourth-order valence-electron chi connectivity index (χ4n) is 7.18. The van der Waals surface area contributed by atoms with Crippen LogP contribution in [-0.2, 0) is 9.59 Å². The predicted molar refractivity (Wildman–Crippen MR) is 107 cm³/mol. The number of aliphatic hydroxyl groups excluding tert-OH is 1. The zero-order valence-electron chi connectivity index (χ0n) is 16.9. The van der Waals surface area contributed by atoms with Gasteiger partial charge in [-0.15, -0.1) is 0 Å². The van der Waals surface area contributed by atoms with Crippen molar-refractivity contribution in [2.75, 3.05) is 0 Å². The minimum absolute atomic E-state index is 0.233. The summed E-state index contributed by atoms with van der Waals surface area (Å²) >= 11 is 0. The van der Waals surface area contributed by atoms with E-state index in [1.165, 1.54) is 24.8 Å². The molecule has 0 radical (unpaired) electrons. The number of aldehydes is 1. The number of hydrogen-bond donors (Lipinski definition) is 2. The Morgan fingerprint density at radius 3 is 2.82 bits per heavy atom. The second-order valence-corrected chi connectivity index (χ2v) is 9.77. The number of aromatic hydroxyl groups is 1. The van der Waals surface area contributed by atoms with E-state index in [9.17, 15) is 19.8 Å². The number of Topliss-reactive ketones (excluding diaryl/α,β-unsaturated/α-hetero) is 1. The minimum atomic E-state index is -0.493. The number of aliphatic hydroxyl groups is 1. The van der Waals surface area contributed by atoms with E-state index in [1.54, 1.807) is 12.1 Å². The van der Waals surface area contributed by atoms with E-state index in [2.05, 4.69) is 13.8 Å². The number of rotatable bonds is 5. The number of phenolic OH excluding ortho intramolecular Hbond substituents is 1. The molecule has 4 heteroatoms. The molecule has 152 valence electrons. The molecule has 0 heterocycles. The number of carbonyl (C=O) groups excluding carboxylic acids is 2. The van der Waals surface area contributed by atoms with Gasteiger partial charge in [0.2, 0.25) is 0 Å². The van der Waals surface area contributed by atoms with Crippen molar-refractivity contribution in [1.82, 2.24) is 0 Å². The highest BCUT2D eigenvalue weighted by Gasteiger charge is 2.56. The van der Waals surface area contributed by atoms with Gasteiger partial charge in [0.1, 0.15) is 5.75 Å². The number of hydrogen-bond acceptors (Lipinski definition) is 4. The summed E-state index contributed by atoms with van der Waals surface area (Å²) in [6.07, 6.45) is 6.57. The zero-order chi connectivity index (χ0) is 20.1. The van der Waals surface area contributed by atoms with Crippen LogP contribution in [0.2, 0.25) is 0 Å². The van der Waals surface area contributed by atoms with Crippen LogP contribution >= 0.6 is 0 Å². The van der Waals surface area contributed by atoms with Crippen molar-refractivity contribution >= 4 is 12.1 Å². The maximum absolute atomic E-state index is 11.4. The lowest BCUT2D eigenvalue weighted by atomic mass is 9.52. The van der Waals surface area contributed by atoms with Crippen molar-refractivity contribution in [3.8, 4) is 5.75 Å². The number of benzene rings is 1. The summed E-state index contributed by atoms with van der Waals surface area (Å²) in [7, 11) is 0. The molecule has 4 nitrogen and oxygen atoms in total. The highest BCUT2D eigenvalue weighted by atomic mass is 16.3. The number of ketones is 1. The average Bonchev–Trinajstić information content (AvgIpc) is 3.03. The van der Waals surface area contributed by atoms with E-state index >= 15 is 0 Å². The predicted octanol–water partition coefficient (Wildman–Crippen LogP) is 4.54. The number of phenols is 1. The molecule has 0 bridgehead atoms. The van der Waals surface area contributed by atoms with Crippen molar-refractivity contribution in [1.29, 1.82) is 0 Å². The van der Waals surface area contributed by atoms with Gasteiger partial charge in [-0.3, -0.25) is 9.59 Å². The van der Waals surface area contributed by atoms with Crippen molar-refractivity contribution in [3.05, 3.63) is 29.3 Å². The van der Waals surface area contributed by atoms with Gasteiger partial charge < -0.3 is 10.2 Å². The summed E-state index contributed by atoms with van der Waals surface area (Å²) in [6, 6.07) is 5.52. The van der Waals surface area contributed by atoms with Crippen LogP contribution < -0.4 is 0 Å². The third-order valence-electron chi connectivity index (χ3n) is 8.50. The molecule has 0 amide bonds. The van der Waals surface area contributed by atoms with E-state index in [1.807, 2.05) is 6.07 Å². The van der Waals surface area contributed by atoms with Crippen molar-refractivity contribution in [2.24, 2.45) is 29.1 Å². The Labute approximate surface area is 167 Å². The second-order valence-electron chi connectivity index (χ2n) is 9.77. The molecule has 2 fully saturated rings. The van der Waals surface area contributed by atoms with E-state index in [4.69, 9.17) is 0 Å². The van der Waals surface area contributed by atoms with Gasteiger partial charge in [-0.05, 0) is 96.8 Å². The fraction of sp³-hybridized carbons (Fsp3) is 0.667. The molecule has 7 unspecified atom stereocenters. The molecule has 0 saturated heterocycles. The number of carbonyl (C=O) groups is 2. The molecular weight excluding hydrogens is 352 g/mol. The SMILES string of the molecule is CC(CCC(=O)C=O)C1CCC2C3CC(O)c4cc(O)ccc4C3CCC12C. The van der Waals surface area contributed by atoms with Crippen LogP contribution in [-0.4, -0.2) is 22.3 Å². The quantitative estimate of drug-likeness (QED) is 0.577. The normalized spacial score (nSPS) is 37.5. The Bertz CT molecular complexity index is 772. The summed E-state index contributed by atoms with van der Waals surface area (Å²) in [6.45, 7) is 4.68. The van der Waals surface area contributed by atoms with E-state index < -0.39 is 6.10 Å². The molecular formula is C24H32O4. The van der Waals surface area contributed by atoms with Crippen molar-refractivity contribution < 1.29 is 19.8 Å². The lowest BCUT2D eigenvalue weighted by Crippen LogP contribution is -2.44. The molecule has 1 aromatic rings. The third-order valence-corrected chi connectivity index (χ3v) is 8.50. The molecule has 7 atom stereocenters. The van der Waals surface area contributed by atoms with E-state index in [0.29, 0.717) is 42.3 Å². The summed E-state index contributed by atoms with van der Waals surface area (Å²) in [4.78, 5) is 22.1. The fourth-order valence-corrected chi connectivity index (χ4v) is 7.18. The Morgan fingerprint density at radius 2 is 2.07 bits per heavy atom. The van der Waals surface area contributed by atoms with Gasteiger partial charge in [-0.25, -0.2) is 0 Å². The summed E-state index contributed by atoms with van der Waals surface area (Å²) in [5, 5.41) is 20.6. The monoisotopic (exact) mass is 384 g/mol. The first-order valence-electron chi connectivity index (χ1n) is 10.8. The van der Waals surface area contributed by atoms with Gasteiger partial charge in [0.05, 0.1) is 6.10 Å². The molecule has 0 aromatic heterocycles. The standard InChI is InChI=1S/C24H32O4/c1-14(3-4-16(27)13-25)21-7-8-22-19-12-23(28)20-11-15(26)5-6-17(20)18(19)9-10-24(21,22)2/h5-6,11,13-14,18-19,21-23,26,28H,3-4,7-10,12H2,1-2H3. The Hall–Kier alpha value is -1.68. The van der Waals surface area contributed by atoms with Crippen LogP contribution in [0.3, 0.4) is 0 Å². The highest BCUT2D eigenvalue weighted by molar-refractivity contribution is 6.24. The first kappa shape index (κ1) is 19.6. The molecule has 4 rings (SSSR count). The van der Waals surface area contributed by atoms with E-state index in [-0.39, 0.29) is 16.9 Å². The number of fused-ring (bicyclic) bond motifs is 5. The van der Waals surface area contributed by atoms with E-state index in [0.717, 1.165) is 24.8 Å². The van der Waals surface area contributed by atoms with Crippen LogP contribution in [0.25, 0.3) is 0 Å². The lowest BCUT2D eigenvalue weighted by Gasteiger charge is -2.52. The van der Waals surface area contributed by atoms with Gasteiger partial charge in [-0.1, -0.05) is 19.9 Å². The molecule has 28 heavy (non-hydrogen) atoms. The van der Waals surface area contributed by atoms with Crippen molar-refractivity contribution in [3.63, 3.8) is 0 Å². The van der Waals surface area contributed by atoms with Crippen molar-refractivity contribution in [2.45, 2.75) is 70.8 Å². The molecule has 3 aliphatic rings. The molecule has 2 saturated carbocycles. The first-order chi connectivity index (χ1) is 13.3. The Morgan fingerprint density at radius 1 is 1.29 bits per heavy atom. The topological polar surface area (TPSA) is 74.6 Å². The average molecular weight is 385 g/mol. The Kier molecular flexibility index (Phi) is 5.11. The highest BCUT2D eigenvalue weighted by Crippen LogP contribution is 2.65. The van der Waals surface area contributed by atoms with Crippen LogP contribution in [0.4, 0.5) is 0 Å². The maximum atomic E-state index is 11.4.